The molecule has 3 aliphatic rings. The summed E-state index contributed by atoms with van der Waals surface area (Å²) < 4.78 is 6.23. The fourth-order valence-corrected chi connectivity index (χ4v) is 4.98. The van der Waals surface area contributed by atoms with Gasteiger partial charge in [-0.1, -0.05) is 30.3 Å². The van der Waals surface area contributed by atoms with Crippen molar-refractivity contribution in [2.45, 2.75) is 37.6 Å². The third-order valence-electron chi connectivity index (χ3n) is 6.13. The number of hydrogen-bond acceptors (Lipinski definition) is 4. The molecule has 1 spiro atoms. The molecule has 0 bridgehead atoms. The highest BCUT2D eigenvalue weighted by Gasteiger charge is 2.65. The van der Waals surface area contributed by atoms with E-state index in [1.165, 1.54) is 6.07 Å². The van der Waals surface area contributed by atoms with Crippen molar-refractivity contribution >= 4 is 11.8 Å². The van der Waals surface area contributed by atoms with E-state index in [9.17, 15) is 14.4 Å². The standard InChI is InChI=1S/C21H21N3O4/c1-13-9-15(10-18(25)22-13)20(27)23-8-7-21-17(23)11-19(26)24(21)16(12-28-21)14-5-3-2-4-6-14/h2-6,9-10,16-17H,7-8,11-12H2,1H3,(H,22,25)/t16-,17+,21-/m0/s1. The van der Waals surface area contributed by atoms with Gasteiger partial charge in [0.15, 0.2) is 5.72 Å². The molecule has 7 heteroatoms. The van der Waals surface area contributed by atoms with Gasteiger partial charge in [-0.05, 0) is 18.6 Å². The van der Waals surface area contributed by atoms with E-state index in [1.807, 2.05) is 35.2 Å². The van der Waals surface area contributed by atoms with Gasteiger partial charge in [0.05, 0.1) is 25.1 Å². The molecule has 1 aromatic carbocycles. The highest BCUT2D eigenvalue weighted by atomic mass is 16.5. The van der Waals surface area contributed by atoms with Crippen LogP contribution in [0.3, 0.4) is 0 Å². The Kier molecular flexibility index (Phi) is 3.71. The van der Waals surface area contributed by atoms with Crippen molar-refractivity contribution in [2.24, 2.45) is 0 Å². The van der Waals surface area contributed by atoms with E-state index < -0.39 is 5.72 Å². The number of carbonyl (C=O) groups is 2. The van der Waals surface area contributed by atoms with Crippen LogP contribution >= 0.6 is 0 Å². The molecule has 0 radical (unpaired) electrons. The zero-order valence-electron chi connectivity index (χ0n) is 15.6. The van der Waals surface area contributed by atoms with Crippen molar-refractivity contribution in [1.29, 1.82) is 0 Å². The molecule has 28 heavy (non-hydrogen) atoms. The number of rotatable bonds is 2. The first-order valence-electron chi connectivity index (χ1n) is 9.52. The monoisotopic (exact) mass is 379 g/mol. The quantitative estimate of drug-likeness (QED) is 0.859. The van der Waals surface area contributed by atoms with Crippen LogP contribution in [0.2, 0.25) is 0 Å². The Balaban J connectivity index is 1.47. The maximum absolute atomic E-state index is 13.1. The normalized spacial score (nSPS) is 28.5. The second-order valence-corrected chi connectivity index (χ2v) is 7.73. The summed E-state index contributed by atoms with van der Waals surface area (Å²) in [7, 11) is 0. The molecule has 0 saturated carbocycles. The number of nitrogens with one attached hydrogen (secondary N) is 1. The SMILES string of the molecule is Cc1cc(C(=O)N2CC[C@@]34OC[C@@H](c5ccccc5)N3C(=O)C[C@@H]24)cc(=O)[nH]1. The summed E-state index contributed by atoms with van der Waals surface area (Å²) in [6.45, 7) is 2.67. The Morgan fingerprint density at radius 3 is 2.75 bits per heavy atom. The van der Waals surface area contributed by atoms with E-state index in [4.69, 9.17) is 4.74 Å². The van der Waals surface area contributed by atoms with Gasteiger partial charge in [0.1, 0.15) is 0 Å². The zero-order chi connectivity index (χ0) is 19.5. The average Bonchev–Trinajstić information content (AvgIpc) is 3.30. The van der Waals surface area contributed by atoms with Gasteiger partial charge in [0.2, 0.25) is 11.5 Å². The lowest BCUT2D eigenvalue weighted by Gasteiger charge is -2.33. The number of hydrogen-bond donors (Lipinski definition) is 1. The van der Waals surface area contributed by atoms with Gasteiger partial charge in [-0.3, -0.25) is 14.4 Å². The molecular formula is C21H21N3O4. The van der Waals surface area contributed by atoms with Crippen LogP contribution < -0.4 is 5.56 Å². The van der Waals surface area contributed by atoms with E-state index in [0.29, 0.717) is 30.8 Å². The molecule has 2 amide bonds. The summed E-state index contributed by atoms with van der Waals surface area (Å²) >= 11 is 0. The first kappa shape index (κ1) is 17.2. The summed E-state index contributed by atoms with van der Waals surface area (Å²) in [4.78, 5) is 44.0. The Morgan fingerprint density at radius 1 is 1.21 bits per heavy atom. The molecule has 5 rings (SSSR count). The van der Waals surface area contributed by atoms with E-state index in [1.54, 1.807) is 17.9 Å². The van der Waals surface area contributed by atoms with Crippen molar-refractivity contribution in [3.05, 3.63) is 69.6 Å². The number of aryl methyl sites for hydroxylation is 1. The minimum Gasteiger partial charge on any atom is -0.351 e. The molecule has 7 nitrogen and oxygen atoms in total. The van der Waals surface area contributed by atoms with Crippen molar-refractivity contribution in [1.82, 2.24) is 14.8 Å². The maximum atomic E-state index is 13.1. The van der Waals surface area contributed by atoms with Crippen molar-refractivity contribution < 1.29 is 14.3 Å². The van der Waals surface area contributed by atoms with Crippen LogP contribution in [0.1, 0.15) is 40.5 Å². The summed E-state index contributed by atoms with van der Waals surface area (Å²) in [6, 6.07) is 12.4. The molecule has 3 atom stereocenters. The Labute approximate surface area is 161 Å². The molecule has 1 aromatic heterocycles. The van der Waals surface area contributed by atoms with E-state index in [2.05, 4.69) is 4.98 Å². The summed E-state index contributed by atoms with van der Waals surface area (Å²) in [5, 5.41) is 0. The first-order valence-corrected chi connectivity index (χ1v) is 9.52. The summed E-state index contributed by atoms with van der Waals surface area (Å²) in [5.74, 6) is -0.214. The number of benzene rings is 1. The van der Waals surface area contributed by atoms with Crippen LogP contribution in [0.5, 0.6) is 0 Å². The second kappa shape index (κ2) is 6.04. The number of nitrogens with zero attached hydrogens (tertiary/aromatic N) is 2. The second-order valence-electron chi connectivity index (χ2n) is 7.73. The van der Waals surface area contributed by atoms with E-state index >= 15 is 0 Å². The summed E-state index contributed by atoms with van der Waals surface area (Å²) in [6.07, 6.45) is 0.831. The van der Waals surface area contributed by atoms with Crippen LogP contribution in [-0.2, 0) is 9.53 Å². The van der Waals surface area contributed by atoms with Crippen LogP contribution in [0, 0.1) is 6.92 Å². The molecule has 0 aliphatic carbocycles. The molecule has 0 unspecified atom stereocenters. The fraction of sp³-hybridized carbons (Fsp3) is 0.381. The fourth-order valence-electron chi connectivity index (χ4n) is 4.98. The highest BCUT2D eigenvalue weighted by Crippen LogP contribution is 2.51. The minimum atomic E-state index is -0.760. The van der Waals surface area contributed by atoms with Gasteiger partial charge < -0.3 is 19.5 Å². The minimum absolute atomic E-state index is 0.0101. The van der Waals surface area contributed by atoms with Gasteiger partial charge >= 0.3 is 0 Å². The molecule has 144 valence electrons. The Hall–Kier alpha value is -2.93. The molecule has 1 N–H and O–H groups in total. The molecular weight excluding hydrogens is 358 g/mol. The van der Waals surface area contributed by atoms with Gasteiger partial charge in [0.25, 0.3) is 5.91 Å². The highest BCUT2D eigenvalue weighted by molar-refractivity contribution is 5.96. The number of aromatic nitrogens is 1. The smallest absolute Gasteiger partial charge is 0.254 e. The number of aromatic amines is 1. The van der Waals surface area contributed by atoms with Crippen LogP contribution in [-0.4, -0.2) is 51.5 Å². The van der Waals surface area contributed by atoms with Crippen molar-refractivity contribution in [3.63, 3.8) is 0 Å². The first-order chi connectivity index (χ1) is 13.5. The van der Waals surface area contributed by atoms with Gasteiger partial charge in [-0.15, -0.1) is 0 Å². The van der Waals surface area contributed by atoms with Gasteiger partial charge in [0, 0.05) is 30.3 Å². The summed E-state index contributed by atoms with van der Waals surface area (Å²) in [5.41, 5.74) is 0.965. The predicted octanol–water partition coefficient (Wildman–Crippen LogP) is 1.60. The van der Waals surface area contributed by atoms with Crippen LogP contribution in [0.4, 0.5) is 0 Å². The largest absolute Gasteiger partial charge is 0.351 e. The lowest BCUT2D eigenvalue weighted by Crippen LogP contribution is -2.49. The van der Waals surface area contributed by atoms with Gasteiger partial charge in [-0.25, -0.2) is 0 Å². The third-order valence-corrected chi connectivity index (χ3v) is 6.13. The van der Waals surface area contributed by atoms with E-state index in [0.717, 1.165) is 5.56 Å². The number of ether oxygens (including phenoxy) is 1. The van der Waals surface area contributed by atoms with E-state index in [-0.39, 0.29) is 35.9 Å². The number of pyridine rings is 1. The van der Waals surface area contributed by atoms with Crippen molar-refractivity contribution in [3.8, 4) is 0 Å². The number of carbonyl (C=O) groups excluding carboxylic acids is 2. The molecule has 3 saturated heterocycles. The van der Waals surface area contributed by atoms with Crippen molar-refractivity contribution in [2.75, 3.05) is 13.2 Å². The molecule has 3 fully saturated rings. The van der Waals surface area contributed by atoms with Gasteiger partial charge in [-0.2, -0.15) is 0 Å². The number of amides is 2. The number of H-pyrrole nitrogens is 1. The maximum Gasteiger partial charge on any atom is 0.254 e. The van der Waals surface area contributed by atoms with Crippen LogP contribution in [0.15, 0.2) is 47.3 Å². The average molecular weight is 379 g/mol. The molecule has 2 aromatic rings. The predicted molar refractivity (Wildman–Crippen MR) is 101 cm³/mol. The third kappa shape index (κ3) is 2.36. The Bertz CT molecular complexity index is 1020. The zero-order valence-corrected chi connectivity index (χ0v) is 15.6. The van der Waals surface area contributed by atoms with Crippen LogP contribution in [0.25, 0.3) is 0 Å². The molecule has 4 heterocycles. The number of likely N-dealkylation sites (tertiary alicyclic amines) is 1. The lowest BCUT2D eigenvalue weighted by molar-refractivity contribution is -0.138. The lowest BCUT2D eigenvalue weighted by atomic mass is 10.0. The topological polar surface area (TPSA) is 82.7 Å². The Morgan fingerprint density at radius 2 is 2.00 bits per heavy atom. The molecule has 3 aliphatic heterocycles.